The zero-order chi connectivity index (χ0) is 24.6. The fourth-order valence-electron chi connectivity index (χ4n) is 4.46. The Hall–Kier alpha value is -0.300. The van der Waals surface area contributed by atoms with E-state index in [4.69, 9.17) is 16.3 Å². The second-order valence-corrected chi connectivity index (χ2v) is 10.6. The monoisotopic (exact) mass is 519 g/mol. The van der Waals surface area contributed by atoms with Crippen LogP contribution in [0.5, 0.6) is 0 Å². The predicted octanol–water partition coefficient (Wildman–Crippen LogP) is 1.99. The number of alkyl halides is 4. The first-order valence-electron chi connectivity index (χ1n) is 11.5. The highest BCUT2D eigenvalue weighted by atomic mass is 35.5. The van der Waals surface area contributed by atoms with Crippen molar-refractivity contribution >= 4 is 29.3 Å². The zero-order valence-electron chi connectivity index (χ0n) is 19.1. The molecule has 2 saturated heterocycles. The van der Waals surface area contributed by atoms with Gasteiger partial charge < -0.3 is 30.9 Å². The van der Waals surface area contributed by atoms with Gasteiger partial charge in [0.2, 0.25) is 5.91 Å². The maximum atomic E-state index is 13.0. The van der Waals surface area contributed by atoms with Gasteiger partial charge in [-0.3, -0.25) is 4.79 Å². The summed E-state index contributed by atoms with van der Waals surface area (Å²) in [5.41, 5.74) is -0.504. The van der Waals surface area contributed by atoms with Gasteiger partial charge in [0, 0.05) is 6.42 Å². The Labute approximate surface area is 202 Å². The Morgan fingerprint density at radius 1 is 1.27 bits per heavy atom. The maximum absolute atomic E-state index is 13.0. The normalized spacial score (nSPS) is 33.2. The van der Waals surface area contributed by atoms with E-state index in [0.717, 1.165) is 19.3 Å². The number of hydrogen-bond donors (Lipinski definition) is 5. The van der Waals surface area contributed by atoms with E-state index in [-0.39, 0.29) is 12.3 Å². The van der Waals surface area contributed by atoms with Crippen molar-refractivity contribution in [2.45, 2.75) is 92.8 Å². The summed E-state index contributed by atoms with van der Waals surface area (Å²) in [6.45, 7) is 1.71. The average Bonchev–Trinajstić information content (AvgIpc) is 2.97. The van der Waals surface area contributed by atoms with Gasteiger partial charge in [0.05, 0.1) is 36.2 Å². The Morgan fingerprint density at radius 2 is 2.00 bits per heavy atom. The second-order valence-electron chi connectivity index (χ2n) is 8.96. The van der Waals surface area contributed by atoms with Gasteiger partial charge >= 0.3 is 6.18 Å². The summed E-state index contributed by atoms with van der Waals surface area (Å²) >= 11 is 7.68. The van der Waals surface area contributed by atoms with Crippen molar-refractivity contribution in [3.05, 3.63) is 0 Å². The highest BCUT2D eigenvalue weighted by Crippen LogP contribution is 2.30. The molecule has 2 rings (SSSR count). The fourth-order valence-corrected chi connectivity index (χ4v) is 5.33. The zero-order valence-corrected chi connectivity index (χ0v) is 20.7. The third-order valence-corrected chi connectivity index (χ3v) is 7.43. The molecule has 0 bridgehead atoms. The quantitative estimate of drug-likeness (QED) is 0.222. The highest BCUT2D eigenvalue weighted by Gasteiger charge is 2.42. The number of aliphatic hydroxyl groups is 2. The van der Waals surface area contributed by atoms with Crippen LogP contribution in [0.25, 0.3) is 0 Å². The van der Waals surface area contributed by atoms with Crippen molar-refractivity contribution in [1.82, 2.24) is 16.0 Å². The van der Waals surface area contributed by atoms with E-state index in [0.29, 0.717) is 31.8 Å². The van der Waals surface area contributed by atoms with Crippen LogP contribution in [-0.2, 0) is 9.53 Å². The van der Waals surface area contributed by atoms with E-state index in [1.165, 1.54) is 11.8 Å². The van der Waals surface area contributed by atoms with Crippen LogP contribution >= 0.6 is 23.4 Å². The number of ether oxygens (including phenoxy) is 1. The molecule has 6 unspecified atom stereocenters. The van der Waals surface area contributed by atoms with E-state index in [2.05, 4.69) is 16.0 Å². The van der Waals surface area contributed by atoms with E-state index in [9.17, 15) is 28.2 Å². The van der Waals surface area contributed by atoms with Gasteiger partial charge in [0.1, 0.15) is 11.5 Å². The molecule has 5 N–H and O–H groups in total. The molecule has 0 aromatic heterocycles. The van der Waals surface area contributed by atoms with Crippen LogP contribution in [0.4, 0.5) is 13.2 Å². The third kappa shape index (κ3) is 9.70. The molecule has 2 heterocycles. The molecular weight excluding hydrogens is 483 g/mol. The minimum Gasteiger partial charge on any atom is -0.390 e. The molecule has 33 heavy (non-hydrogen) atoms. The second kappa shape index (κ2) is 13.7. The largest absolute Gasteiger partial charge is 0.401 e. The predicted molar refractivity (Wildman–Crippen MR) is 123 cm³/mol. The SMILES string of the molecule is CSC1OC(C(NC(=O)C2CC[C@H](CCCNCC(F)(F)F)CCN2)C(C)Cl)[C@@H](O)CC1O. The summed E-state index contributed by atoms with van der Waals surface area (Å²) in [7, 11) is 0. The summed E-state index contributed by atoms with van der Waals surface area (Å²) in [6.07, 6.45) is -0.993. The van der Waals surface area contributed by atoms with E-state index in [1.54, 1.807) is 13.2 Å². The number of rotatable bonds is 10. The Balaban J connectivity index is 1.83. The van der Waals surface area contributed by atoms with E-state index < -0.39 is 53.9 Å². The van der Waals surface area contributed by atoms with Crippen LogP contribution in [0.3, 0.4) is 0 Å². The van der Waals surface area contributed by atoms with Crippen LogP contribution in [0.2, 0.25) is 0 Å². The van der Waals surface area contributed by atoms with Crippen molar-refractivity contribution in [3.8, 4) is 0 Å². The minimum absolute atomic E-state index is 0.146. The van der Waals surface area contributed by atoms with Gasteiger partial charge in [-0.05, 0) is 64.3 Å². The summed E-state index contributed by atoms with van der Waals surface area (Å²) in [5.74, 6) is 0.126. The molecule has 0 spiro atoms. The fraction of sp³-hybridized carbons (Fsp3) is 0.952. The number of nitrogens with one attached hydrogen (secondary N) is 3. The summed E-state index contributed by atoms with van der Waals surface area (Å²) in [5, 5.41) is 28.6. The van der Waals surface area contributed by atoms with E-state index >= 15 is 0 Å². The molecule has 0 aromatic rings. The standard InChI is InChI=1S/C21H37ClF3N3O4S/c1-12(22)17(18-15(29)10-16(30)20(32-18)33-2)28-19(31)14-6-5-13(7-9-27-14)4-3-8-26-11-21(23,24)25/h12-18,20,26-27,29-30H,3-11H2,1-2H3,(H,28,31)/t12?,13-,14?,15-,16?,17?,18?,20?/m0/s1. The summed E-state index contributed by atoms with van der Waals surface area (Å²) in [6, 6.07) is -1.05. The Kier molecular flexibility index (Phi) is 12.0. The van der Waals surface area contributed by atoms with Crippen molar-refractivity contribution in [2.75, 3.05) is 25.9 Å². The number of hydrogen-bond acceptors (Lipinski definition) is 7. The number of halogens is 4. The molecule has 0 aliphatic carbocycles. The summed E-state index contributed by atoms with van der Waals surface area (Å²) < 4.78 is 42.4. The first kappa shape index (κ1) is 28.9. The van der Waals surface area contributed by atoms with Crippen LogP contribution in [-0.4, -0.2) is 89.4 Å². The topological polar surface area (TPSA) is 103 Å². The molecule has 0 aromatic carbocycles. The number of carbonyl (C=O) groups excluding carboxylic acids is 1. The third-order valence-electron chi connectivity index (χ3n) is 6.27. The van der Waals surface area contributed by atoms with Crippen LogP contribution in [0.15, 0.2) is 0 Å². The molecule has 1 amide bonds. The molecule has 7 nitrogen and oxygen atoms in total. The average molecular weight is 520 g/mol. The molecule has 194 valence electrons. The smallest absolute Gasteiger partial charge is 0.390 e. The van der Waals surface area contributed by atoms with Crippen molar-refractivity contribution < 1.29 is 32.9 Å². The van der Waals surface area contributed by atoms with Gasteiger partial charge in [-0.15, -0.1) is 23.4 Å². The molecule has 2 aliphatic rings. The Morgan fingerprint density at radius 3 is 2.64 bits per heavy atom. The highest BCUT2D eigenvalue weighted by molar-refractivity contribution is 7.99. The number of carbonyl (C=O) groups is 1. The number of amides is 1. The lowest BCUT2D eigenvalue weighted by Gasteiger charge is -2.41. The molecular formula is C21H37ClF3N3O4S. The van der Waals surface area contributed by atoms with Gasteiger partial charge in [-0.25, -0.2) is 0 Å². The first-order chi connectivity index (χ1) is 15.5. The van der Waals surface area contributed by atoms with E-state index in [1.807, 2.05) is 0 Å². The van der Waals surface area contributed by atoms with Crippen molar-refractivity contribution in [2.24, 2.45) is 5.92 Å². The molecule has 0 radical (unpaired) electrons. The molecule has 2 aliphatic heterocycles. The molecule has 2 fully saturated rings. The number of thioether (sulfide) groups is 1. The van der Waals surface area contributed by atoms with Crippen LogP contribution in [0.1, 0.15) is 45.4 Å². The van der Waals surface area contributed by atoms with Crippen LogP contribution in [0, 0.1) is 5.92 Å². The lowest BCUT2D eigenvalue weighted by Crippen LogP contribution is -2.60. The lowest BCUT2D eigenvalue weighted by molar-refractivity contribution is -0.151. The van der Waals surface area contributed by atoms with Gasteiger partial charge in [0.25, 0.3) is 0 Å². The van der Waals surface area contributed by atoms with Crippen molar-refractivity contribution in [1.29, 1.82) is 0 Å². The van der Waals surface area contributed by atoms with Crippen molar-refractivity contribution in [3.63, 3.8) is 0 Å². The molecule has 12 heteroatoms. The van der Waals surface area contributed by atoms with Gasteiger partial charge in [-0.2, -0.15) is 13.2 Å². The van der Waals surface area contributed by atoms with Gasteiger partial charge in [0.15, 0.2) is 0 Å². The Bertz CT molecular complexity index is 606. The first-order valence-corrected chi connectivity index (χ1v) is 13.2. The van der Waals surface area contributed by atoms with Crippen LogP contribution < -0.4 is 16.0 Å². The molecule has 8 atom stereocenters. The van der Waals surface area contributed by atoms with Gasteiger partial charge in [-0.1, -0.05) is 0 Å². The molecule has 0 saturated carbocycles. The number of aliphatic hydroxyl groups excluding tert-OH is 2. The minimum atomic E-state index is -4.19. The summed E-state index contributed by atoms with van der Waals surface area (Å²) in [4.78, 5) is 13.0. The lowest BCUT2D eigenvalue weighted by atomic mass is 9.93. The maximum Gasteiger partial charge on any atom is 0.401 e.